The van der Waals surface area contributed by atoms with Crippen LogP contribution in [0.25, 0.3) is 0 Å². The van der Waals surface area contributed by atoms with Crippen molar-refractivity contribution in [3.8, 4) is 5.88 Å². The molecule has 0 saturated carbocycles. The zero-order valence-electron chi connectivity index (χ0n) is 11.3. The number of methoxy groups -OCH3 is 2. The highest BCUT2D eigenvalue weighted by atomic mass is 16.5. The topological polar surface area (TPSA) is 64.5 Å². The van der Waals surface area contributed by atoms with Crippen LogP contribution in [-0.4, -0.2) is 43.7 Å². The summed E-state index contributed by atoms with van der Waals surface area (Å²) < 4.78 is 9.74. The van der Waals surface area contributed by atoms with E-state index in [0.29, 0.717) is 12.3 Å². The molecule has 6 nitrogen and oxygen atoms in total. The fraction of sp³-hybridized carbons (Fsp3) is 0.583. The summed E-state index contributed by atoms with van der Waals surface area (Å²) in [6, 6.07) is 0. The molecule has 0 N–H and O–H groups in total. The van der Waals surface area contributed by atoms with Crippen LogP contribution in [0.5, 0.6) is 5.88 Å². The second kappa shape index (κ2) is 6.78. The maximum Gasteiger partial charge on any atom is 0.305 e. The fourth-order valence-electron chi connectivity index (χ4n) is 1.68. The highest BCUT2D eigenvalue weighted by Crippen LogP contribution is 2.22. The zero-order chi connectivity index (χ0) is 13.5. The summed E-state index contributed by atoms with van der Waals surface area (Å²) in [6.07, 6.45) is 2.59. The molecule has 0 aliphatic rings. The van der Waals surface area contributed by atoms with Gasteiger partial charge in [0, 0.05) is 20.0 Å². The number of esters is 1. The third-order valence-electron chi connectivity index (χ3n) is 2.67. The molecular weight excluding hydrogens is 234 g/mol. The molecule has 1 rings (SSSR count). The van der Waals surface area contributed by atoms with Gasteiger partial charge in [-0.2, -0.15) is 0 Å². The van der Waals surface area contributed by atoms with Crippen LogP contribution in [0.2, 0.25) is 0 Å². The van der Waals surface area contributed by atoms with Gasteiger partial charge >= 0.3 is 5.97 Å². The smallest absolute Gasteiger partial charge is 0.305 e. The van der Waals surface area contributed by atoms with Crippen LogP contribution in [0.3, 0.4) is 0 Å². The molecule has 1 heterocycles. The van der Waals surface area contributed by atoms with Gasteiger partial charge in [-0.15, -0.1) is 0 Å². The Labute approximate surface area is 107 Å². The van der Waals surface area contributed by atoms with Gasteiger partial charge < -0.3 is 14.4 Å². The lowest BCUT2D eigenvalue weighted by Gasteiger charge is -2.20. The minimum atomic E-state index is -0.194. The van der Waals surface area contributed by atoms with Gasteiger partial charge in [-0.3, -0.25) is 4.79 Å². The quantitative estimate of drug-likeness (QED) is 0.709. The Kier molecular flexibility index (Phi) is 5.35. The van der Waals surface area contributed by atoms with E-state index in [-0.39, 0.29) is 5.97 Å². The highest BCUT2D eigenvalue weighted by molar-refractivity contribution is 5.69. The summed E-state index contributed by atoms with van der Waals surface area (Å²) in [4.78, 5) is 21.2. The maximum absolute atomic E-state index is 11.0. The molecule has 0 radical (unpaired) electrons. The normalized spacial score (nSPS) is 10.0. The molecule has 100 valence electrons. The molecule has 0 saturated heterocycles. The second-order valence-corrected chi connectivity index (χ2v) is 3.93. The maximum atomic E-state index is 11.0. The predicted molar refractivity (Wildman–Crippen MR) is 67.8 cm³/mol. The summed E-state index contributed by atoms with van der Waals surface area (Å²) in [5.74, 6) is 1.19. The monoisotopic (exact) mass is 253 g/mol. The Balaban J connectivity index is 2.61. The first-order chi connectivity index (χ1) is 8.60. The van der Waals surface area contributed by atoms with Gasteiger partial charge in [-0.1, -0.05) is 0 Å². The van der Waals surface area contributed by atoms with Gasteiger partial charge in [0.25, 0.3) is 0 Å². The average molecular weight is 253 g/mol. The van der Waals surface area contributed by atoms with Crippen molar-refractivity contribution >= 4 is 11.8 Å². The predicted octanol–water partition coefficient (Wildman–Crippen LogP) is 1.18. The number of ether oxygens (including phenoxy) is 2. The first-order valence-electron chi connectivity index (χ1n) is 5.73. The van der Waals surface area contributed by atoms with Crippen molar-refractivity contribution in [2.24, 2.45) is 0 Å². The van der Waals surface area contributed by atoms with Crippen LogP contribution in [0.1, 0.15) is 18.4 Å². The van der Waals surface area contributed by atoms with Gasteiger partial charge in [0.1, 0.15) is 12.1 Å². The molecule has 18 heavy (non-hydrogen) atoms. The standard InChI is InChI=1S/C12H19N3O3/c1-9-11(13-8-14-12(9)18-4)15(2)7-5-6-10(16)17-3/h8H,5-7H2,1-4H3. The summed E-state index contributed by atoms with van der Waals surface area (Å²) in [6.45, 7) is 2.63. The molecule has 0 amide bonds. The van der Waals surface area contributed by atoms with Crippen LogP contribution in [-0.2, 0) is 9.53 Å². The number of hydrogen-bond donors (Lipinski definition) is 0. The van der Waals surface area contributed by atoms with Gasteiger partial charge in [-0.25, -0.2) is 9.97 Å². The third-order valence-corrected chi connectivity index (χ3v) is 2.67. The lowest BCUT2D eigenvalue weighted by molar-refractivity contribution is -0.140. The summed E-state index contributed by atoms with van der Waals surface area (Å²) in [7, 11) is 4.90. The molecule has 0 unspecified atom stereocenters. The largest absolute Gasteiger partial charge is 0.481 e. The Morgan fingerprint density at radius 3 is 2.72 bits per heavy atom. The molecule has 0 aliphatic heterocycles. The SMILES string of the molecule is COC(=O)CCCN(C)c1ncnc(OC)c1C. The Morgan fingerprint density at radius 2 is 2.11 bits per heavy atom. The van der Waals surface area contributed by atoms with E-state index in [9.17, 15) is 4.79 Å². The van der Waals surface area contributed by atoms with E-state index in [2.05, 4.69) is 14.7 Å². The van der Waals surface area contributed by atoms with Crippen molar-refractivity contribution in [1.82, 2.24) is 9.97 Å². The van der Waals surface area contributed by atoms with Crippen molar-refractivity contribution in [3.05, 3.63) is 11.9 Å². The number of aromatic nitrogens is 2. The highest BCUT2D eigenvalue weighted by Gasteiger charge is 2.11. The average Bonchev–Trinajstić information content (AvgIpc) is 2.38. The summed E-state index contributed by atoms with van der Waals surface area (Å²) in [5, 5.41) is 0. The minimum Gasteiger partial charge on any atom is -0.481 e. The Bertz CT molecular complexity index is 410. The zero-order valence-corrected chi connectivity index (χ0v) is 11.3. The third kappa shape index (κ3) is 3.58. The molecule has 0 fully saturated rings. The van der Waals surface area contributed by atoms with Crippen molar-refractivity contribution in [3.63, 3.8) is 0 Å². The first-order valence-corrected chi connectivity index (χ1v) is 5.73. The van der Waals surface area contributed by atoms with Gasteiger partial charge in [-0.05, 0) is 13.3 Å². The van der Waals surface area contributed by atoms with Gasteiger partial charge in [0.15, 0.2) is 0 Å². The number of carbonyl (C=O) groups is 1. The molecule has 0 aliphatic carbocycles. The van der Waals surface area contributed by atoms with Crippen LogP contribution in [0.4, 0.5) is 5.82 Å². The van der Waals surface area contributed by atoms with Crippen LogP contribution in [0, 0.1) is 6.92 Å². The van der Waals surface area contributed by atoms with Crippen LogP contribution in [0.15, 0.2) is 6.33 Å². The van der Waals surface area contributed by atoms with E-state index >= 15 is 0 Å². The molecule has 1 aromatic rings. The Morgan fingerprint density at radius 1 is 1.39 bits per heavy atom. The molecular formula is C12H19N3O3. The molecule has 0 bridgehead atoms. The van der Waals surface area contributed by atoms with Crippen LogP contribution < -0.4 is 9.64 Å². The molecule has 0 atom stereocenters. The van der Waals surface area contributed by atoms with E-state index in [1.165, 1.54) is 13.4 Å². The lowest BCUT2D eigenvalue weighted by atomic mass is 10.2. The first kappa shape index (κ1) is 14.2. The number of hydrogen-bond acceptors (Lipinski definition) is 6. The second-order valence-electron chi connectivity index (χ2n) is 3.93. The number of rotatable bonds is 6. The summed E-state index contributed by atoms with van der Waals surface area (Å²) >= 11 is 0. The van der Waals surface area contributed by atoms with Crippen molar-refractivity contribution in [1.29, 1.82) is 0 Å². The van der Waals surface area contributed by atoms with E-state index in [0.717, 1.165) is 24.3 Å². The molecule has 0 aromatic carbocycles. The van der Waals surface area contributed by atoms with Gasteiger partial charge in [0.05, 0.1) is 19.8 Å². The van der Waals surface area contributed by atoms with E-state index in [1.54, 1.807) is 7.11 Å². The van der Waals surface area contributed by atoms with Crippen LogP contribution >= 0.6 is 0 Å². The fourth-order valence-corrected chi connectivity index (χ4v) is 1.68. The van der Waals surface area contributed by atoms with E-state index in [1.807, 2.05) is 18.9 Å². The molecule has 1 aromatic heterocycles. The molecule has 0 spiro atoms. The van der Waals surface area contributed by atoms with E-state index < -0.39 is 0 Å². The number of nitrogens with zero attached hydrogens (tertiary/aromatic N) is 3. The number of carbonyl (C=O) groups excluding carboxylic acids is 1. The van der Waals surface area contributed by atoms with Crippen molar-refractivity contribution in [2.75, 3.05) is 32.7 Å². The minimum absolute atomic E-state index is 0.194. The van der Waals surface area contributed by atoms with Gasteiger partial charge in [0.2, 0.25) is 5.88 Å². The Hall–Kier alpha value is -1.85. The molecule has 6 heteroatoms. The summed E-state index contributed by atoms with van der Waals surface area (Å²) in [5.41, 5.74) is 0.889. The van der Waals surface area contributed by atoms with Crippen molar-refractivity contribution in [2.45, 2.75) is 19.8 Å². The lowest BCUT2D eigenvalue weighted by Crippen LogP contribution is -2.22. The number of anilines is 1. The van der Waals surface area contributed by atoms with Crippen molar-refractivity contribution < 1.29 is 14.3 Å². The van der Waals surface area contributed by atoms with E-state index in [4.69, 9.17) is 4.74 Å².